The van der Waals surface area contributed by atoms with Crippen molar-refractivity contribution in [3.8, 4) is 11.5 Å². The Kier molecular flexibility index (Phi) is 5.90. The lowest BCUT2D eigenvalue weighted by Gasteiger charge is -2.17. The van der Waals surface area contributed by atoms with Crippen LogP contribution < -0.4 is 20.1 Å². The molecule has 7 heteroatoms. The van der Waals surface area contributed by atoms with Gasteiger partial charge in [0.15, 0.2) is 0 Å². The SMILES string of the molecule is CCOc1cc(NC(=O)C2CC2)c(OCC)cc1NC(=O)c1cccnc1. The van der Waals surface area contributed by atoms with Gasteiger partial charge in [0.25, 0.3) is 5.91 Å². The molecule has 0 radical (unpaired) electrons. The molecule has 1 aliphatic rings. The number of rotatable bonds is 8. The second-order valence-corrected chi connectivity index (χ2v) is 6.17. The van der Waals surface area contributed by atoms with Gasteiger partial charge in [-0.3, -0.25) is 14.6 Å². The van der Waals surface area contributed by atoms with Gasteiger partial charge in [-0.05, 0) is 38.8 Å². The third-order valence-corrected chi connectivity index (χ3v) is 4.06. The maximum absolute atomic E-state index is 12.5. The van der Waals surface area contributed by atoms with Crippen LogP contribution in [0.5, 0.6) is 11.5 Å². The maximum Gasteiger partial charge on any atom is 0.257 e. The molecule has 142 valence electrons. The molecule has 2 N–H and O–H groups in total. The molecular weight excluding hydrogens is 346 g/mol. The number of hydrogen-bond donors (Lipinski definition) is 2. The number of nitrogens with one attached hydrogen (secondary N) is 2. The van der Waals surface area contributed by atoms with Crippen LogP contribution in [0.15, 0.2) is 36.7 Å². The van der Waals surface area contributed by atoms with E-state index < -0.39 is 0 Å². The summed E-state index contributed by atoms with van der Waals surface area (Å²) >= 11 is 0. The predicted octanol–water partition coefficient (Wildman–Crippen LogP) is 3.48. The number of benzene rings is 1. The van der Waals surface area contributed by atoms with Crippen molar-refractivity contribution in [2.45, 2.75) is 26.7 Å². The largest absolute Gasteiger partial charge is 0.492 e. The highest BCUT2D eigenvalue weighted by atomic mass is 16.5. The number of aromatic nitrogens is 1. The van der Waals surface area contributed by atoms with Crippen LogP contribution in [-0.4, -0.2) is 30.0 Å². The quantitative estimate of drug-likeness (QED) is 0.744. The monoisotopic (exact) mass is 369 g/mol. The van der Waals surface area contributed by atoms with Crippen LogP contribution in [0.4, 0.5) is 11.4 Å². The minimum absolute atomic E-state index is 0.0226. The molecular formula is C20H23N3O4. The Bertz CT molecular complexity index is 819. The van der Waals surface area contributed by atoms with Crippen molar-refractivity contribution >= 4 is 23.2 Å². The van der Waals surface area contributed by atoms with E-state index >= 15 is 0 Å². The lowest BCUT2D eigenvalue weighted by atomic mass is 10.2. The normalized spacial score (nSPS) is 13.0. The van der Waals surface area contributed by atoms with Crippen LogP contribution in [0.25, 0.3) is 0 Å². The lowest BCUT2D eigenvalue weighted by Crippen LogP contribution is -2.16. The van der Waals surface area contributed by atoms with E-state index in [0.29, 0.717) is 41.7 Å². The van der Waals surface area contributed by atoms with Crippen LogP contribution in [0.2, 0.25) is 0 Å². The number of nitrogens with zero attached hydrogens (tertiary/aromatic N) is 1. The van der Waals surface area contributed by atoms with Crippen molar-refractivity contribution < 1.29 is 19.1 Å². The van der Waals surface area contributed by atoms with Gasteiger partial charge in [0.2, 0.25) is 5.91 Å². The molecule has 2 amide bonds. The fraction of sp³-hybridized carbons (Fsp3) is 0.350. The van der Waals surface area contributed by atoms with Gasteiger partial charge in [0.05, 0.1) is 30.2 Å². The average molecular weight is 369 g/mol. The molecule has 1 heterocycles. The average Bonchev–Trinajstić information content (AvgIpc) is 3.51. The van der Waals surface area contributed by atoms with E-state index in [2.05, 4.69) is 15.6 Å². The van der Waals surface area contributed by atoms with Crippen molar-refractivity contribution in [3.05, 3.63) is 42.2 Å². The molecule has 0 bridgehead atoms. The van der Waals surface area contributed by atoms with Gasteiger partial charge in [-0.2, -0.15) is 0 Å². The highest BCUT2D eigenvalue weighted by Gasteiger charge is 2.30. The third kappa shape index (κ3) is 4.75. The standard InChI is InChI=1S/C20H23N3O4/c1-3-26-17-11-16(23-20(25)14-6-5-9-21-12-14)18(27-4-2)10-15(17)22-19(24)13-7-8-13/h5-6,9-13H,3-4,7-8H2,1-2H3,(H,22,24)(H,23,25). The van der Waals surface area contributed by atoms with Crippen molar-refractivity contribution in [1.82, 2.24) is 4.98 Å². The van der Waals surface area contributed by atoms with Crippen molar-refractivity contribution in [3.63, 3.8) is 0 Å². The van der Waals surface area contributed by atoms with Crippen LogP contribution in [0.1, 0.15) is 37.0 Å². The molecule has 0 atom stereocenters. The zero-order chi connectivity index (χ0) is 19.2. The smallest absolute Gasteiger partial charge is 0.257 e. The molecule has 0 aliphatic heterocycles. The summed E-state index contributed by atoms with van der Waals surface area (Å²) in [5.41, 5.74) is 1.44. The predicted molar refractivity (Wildman–Crippen MR) is 102 cm³/mol. The lowest BCUT2D eigenvalue weighted by molar-refractivity contribution is -0.117. The van der Waals surface area contributed by atoms with E-state index in [0.717, 1.165) is 12.8 Å². The van der Waals surface area contributed by atoms with Crippen molar-refractivity contribution in [2.24, 2.45) is 5.92 Å². The molecule has 1 saturated carbocycles. The van der Waals surface area contributed by atoms with Gasteiger partial charge >= 0.3 is 0 Å². The number of pyridine rings is 1. The van der Waals surface area contributed by atoms with Gasteiger partial charge in [-0.1, -0.05) is 0 Å². The summed E-state index contributed by atoms with van der Waals surface area (Å²) < 4.78 is 11.3. The van der Waals surface area contributed by atoms with Crippen LogP contribution in [0, 0.1) is 5.92 Å². The number of carbonyl (C=O) groups excluding carboxylic acids is 2. The molecule has 27 heavy (non-hydrogen) atoms. The number of amides is 2. The Hall–Kier alpha value is -3.09. The van der Waals surface area contributed by atoms with Crippen LogP contribution in [0.3, 0.4) is 0 Å². The molecule has 0 unspecified atom stereocenters. The molecule has 1 aromatic heterocycles. The second-order valence-electron chi connectivity index (χ2n) is 6.17. The summed E-state index contributed by atoms with van der Waals surface area (Å²) in [6, 6.07) is 6.73. The van der Waals surface area contributed by atoms with Crippen molar-refractivity contribution in [2.75, 3.05) is 23.8 Å². The number of hydrogen-bond acceptors (Lipinski definition) is 5. The molecule has 1 fully saturated rings. The minimum Gasteiger partial charge on any atom is -0.492 e. The fourth-order valence-corrected chi connectivity index (χ4v) is 2.58. The van der Waals surface area contributed by atoms with E-state index in [1.807, 2.05) is 13.8 Å². The minimum atomic E-state index is -0.304. The maximum atomic E-state index is 12.5. The summed E-state index contributed by atoms with van der Waals surface area (Å²) in [5, 5.41) is 5.73. The Morgan fingerprint density at radius 3 is 2.22 bits per heavy atom. The first-order valence-electron chi connectivity index (χ1n) is 9.08. The first kappa shape index (κ1) is 18.7. The summed E-state index contributed by atoms with van der Waals surface area (Å²) in [5.74, 6) is 0.688. The Morgan fingerprint density at radius 2 is 1.70 bits per heavy atom. The molecule has 0 spiro atoms. The third-order valence-electron chi connectivity index (χ3n) is 4.06. The van der Waals surface area contributed by atoms with E-state index in [1.165, 1.54) is 6.20 Å². The van der Waals surface area contributed by atoms with Gasteiger partial charge in [-0.15, -0.1) is 0 Å². The van der Waals surface area contributed by atoms with E-state index in [9.17, 15) is 9.59 Å². The zero-order valence-electron chi connectivity index (χ0n) is 15.5. The van der Waals surface area contributed by atoms with Gasteiger partial charge < -0.3 is 20.1 Å². The van der Waals surface area contributed by atoms with Crippen molar-refractivity contribution in [1.29, 1.82) is 0 Å². The first-order chi connectivity index (χ1) is 13.1. The van der Waals surface area contributed by atoms with Gasteiger partial charge in [0, 0.05) is 30.4 Å². The Balaban J connectivity index is 1.90. The summed E-state index contributed by atoms with van der Waals surface area (Å²) in [6.07, 6.45) is 4.91. The molecule has 1 aliphatic carbocycles. The molecule has 7 nitrogen and oxygen atoms in total. The molecule has 0 saturated heterocycles. The fourth-order valence-electron chi connectivity index (χ4n) is 2.58. The Labute approximate surface area is 158 Å². The number of carbonyl (C=O) groups is 2. The summed E-state index contributed by atoms with van der Waals surface area (Å²) in [6.45, 7) is 4.55. The highest BCUT2D eigenvalue weighted by molar-refractivity contribution is 6.05. The zero-order valence-corrected chi connectivity index (χ0v) is 15.5. The first-order valence-corrected chi connectivity index (χ1v) is 9.08. The molecule has 3 rings (SSSR count). The van der Waals surface area contributed by atoms with Crippen LogP contribution in [-0.2, 0) is 4.79 Å². The molecule has 1 aromatic carbocycles. The van der Waals surface area contributed by atoms with Gasteiger partial charge in [0.1, 0.15) is 11.5 Å². The summed E-state index contributed by atoms with van der Waals surface area (Å²) in [7, 11) is 0. The van der Waals surface area contributed by atoms with E-state index in [1.54, 1.807) is 30.5 Å². The topological polar surface area (TPSA) is 89.5 Å². The van der Waals surface area contributed by atoms with Gasteiger partial charge in [-0.25, -0.2) is 0 Å². The molecule has 2 aromatic rings. The number of anilines is 2. The van der Waals surface area contributed by atoms with E-state index in [4.69, 9.17) is 9.47 Å². The summed E-state index contributed by atoms with van der Waals surface area (Å²) in [4.78, 5) is 28.6. The number of ether oxygens (including phenoxy) is 2. The van der Waals surface area contributed by atoms with E-state index in [-0.39, 0.29) is 17.7 Å². The second kappa shape index (κ2) is 8.53. The van der Waals surface area contributed by atoms with Crippen LogP contribution >= 0.6 is 0 Å². The highest BCUT2D eigenvalue weighted by Crippen LogP contribution is 2.38. The Morgan fingerprint density at radius 1 is 1.07 bits per heavy atom.